The zero-order valence-electron chi connectivity index (χ0n) is 13.1. The molecule has 0 spiro atoms. The van der Waals surface area contributed by atoms with Crippen LogP contribution in [0.25, 0.3) is 0 Å². The van der Waals surface area contributed by atoms with Crippen molar-refractivity contribution in [1.82, 2.24) is 9.71 Å². The second kappa shape index (κ2) is 7.73. The second-order valence-corrected chi connectivity index (χ2v) is 7.92. The molecule has 25 heavy (non-hydrogen) atoms. The summed E-state index contributed by atoms with van der Waals surface area (Å²) in [7, 11) is -3.56. The quantitative estimate of drug-likeness (QED) is 0.681. The average molecular weight is 378 g/mol. The topological polar surface area (TPSA) is 68.3 Å². The Hall–Kier alpha value is -2.29. The van der Waals surface area contributed by atoms with Crippen LogP contribution in [0, 0.1) is 5.82 Å². The summed E-state index contributed by atoms with van der Waals surface area (Å²) < 4.78 is 45.4. The van der Waals surface area contributed by atoms with Gasteiger partial charge in [0.25, 0.3) is 5.19 Å². The van der Waals surface area contributed by atoms with Crippen LogP contribution in [0.1, 0.15) is 11.1 Å². The van der Waals surface area contributed by atoms with Gasteiger partial charge < -0.3 is 4.74 Å². The number of aromatic nitrogens is 1. The van der Waals surface area contributed by atoms with Crippen molar-refractivity contribution in [2.75, 3.05) is 0 Å². The minimum Gasteiger partial charge on any atom is -0.431 e. The van der Waals surface area contributed by atoms with E-state index in [2.05, 4.69) is 9.71 Å². The van der Waals surface area contributed by atoms with Gasteiger partial charge in [0.05, 0.1) is 5.75 Å². The van der Waals surface area contributed by atoms with Gasteiger partial charge in [-0.25, -0.2) is 22.5 Å². The predicted molar refractivity (Wildman–Crippen MR) is 94.5 cm³/mol. The lowest BCUT2D eigenvalue weighted by molar-refractivity contribution is 0.478. The summed E-state index contributed by atoms with van der Waals surface area (Å²) in [6.45, 7) is 0.148. The molecular weight excluding hydrogens is 363 g/mol. The molecule has 0 aliphatic heterocycles. The van der Waals surface area contributed by atoms with Crippen LogP contribution in [0.5, 0.6) is 10.9 Å². The van der Waals surface area contributed by atoms with Crippen LogP contribution in [-0.2, 0) is 22.3 Å². The lowest BCUT2D eigenvalue weighted by Gasteiger charge is -2.08. The second-order valence-electron chi connectivity index (χ2n) is 5.25. The SMILES string of the molecule is O=S(=O)(Cc1cccc(F)c1)NCc1ccc(Oc2nccs2)cc1. The normalized spacial score (nSPS) is 11.4. The van der Waals surface area contributed by atoms with Crippen LogP contribution in [0.2, 0.25) is 0 Å². The lowest BCUT2D eigenvalue weighted by atomic mass is 10.2. The Morgan fingerprint density at radius 2 is 1.92 bits per heavy atom. The number of thiazole rings is 1. The molecule has 1 heterocycles. The third-order valence-corrected chi connectivity index (χ3v) is 5.23. The van der Waals surface area contributed by atoms with Crippen molar-refractivity contribution in [2.24, 2.45) is 0 Å². The van der Waals surface area contributed by atoms with E-state index in [0.717, 1.165) is 5.56 Å². The molecule has 0 aliphatic rings. The number of nitrogens with zero attached hydrogens (tertiary/aromatic N) is 1. The molecule has 1 N–H and O–H groups in total. The molecule has 0 aliphatic carbocycles. The molecule has 3 rings (SSSR count). The summed E-state index contributed by atoms with van der Waals surface area (Å²) in [6, 6.07) is 12.6. The Balaban J connectivity index is 1.57. The van der Waals surface area contributed by atoms with E-state index >= 15 is 0 Å². The van der Waals surface area contributed by atoms with Gasteiger partial charge in [-0.3, -0.25) is 0 Å². The Bertz CT molecular complexity index is 927. The molecule has 1 aromatic heterocycles. The van der Waals surface area contributed by atoms with Crippen molar-refractivity contribution in [3.63, 3.8) is 0 Å². The van der Waals surface area contributed by atoms with E-state index < -0.39 is 15.8 Å². The molecular formula is C17H15FN2O3S2. The van der Waals surface area contributed by atoms with E-state index in [1.54, 1.807) is 36.5 Å². The number of ether oxygens (including phenoxy) is 1. The van der Waals surface area contributed by atoms with Gasteiger partial charge in [0, 0.05) is 18.1 Å². The lowest BCUT2D eigenvalue weighted by Crippen LogP contribution is -2.24. The van der Waals surface area contributed by atoms with Crippen molar-refractivity contribution in [1.29, 1.82) is 0 Å². The molecule has 8 heteroatoms. The number of rotatable bonds is 7. The molecule has 2 aromatic carbocycles. The molecule has 0 saturated heterocycles. The number of hydrogen-bond donors (Lipinski definition) is 1. The maximum Gasteiger partial charge on any atom is 0.278 e. The third-order valence-electron chi connectivity index (χ3n) is 3.28. The number of halogens is 1. The summed E-state index contributed by atoms with van der Waals surface area (Å²) in [5.74, 6) is -0.0967. The number of nitrogens with one attached hydrogen (secondary N) is 1. The van der Waals surface area contributed by atoms with Crippen molar-refractivity contribution in [3.8, 4) is 10.9 Å². The fourth-order valence-electron chi connectivity index (χ4n) is 2.13. The summed E-state index contributed by atoms with van der Waals surface area (Å²) >= 11 is 1.39. The third kappa shape index (κ3) is 5.35. The molecule has 0 unspecified atom stereocenters. The Morgan fingerprint density at radius 3 is 2.60 bits per heavy atom. The highest BCUT2D eigenvalue weighted by Crippen LogP contribution is 2.23. The van der Waals surface area contributed by atoms with Gasteiger partial charge in [-0.05, 0) is 35.4 Å². The van der Waals surface area contributed by atoms with Crippen molar-refractivity contribution >= 4 is 21.4 Å². The van der Waals surface area contributed by atoms with E-state index in [-0.39, 0.29) is 12.3 Å². The first-order valence-corrected chi connectivity index (χ1v) is 9.91. The standard InChI is InChI=1S/C17H15FN2O3S2/c18-15-3-1-2-14(10-15)12-25(21,22)20-11-13-4-6-16(7-5-13)23-17-19-8-9-24-17/h1-10,20H,11-12H2. The van der Waals surface area contributed by atoms with Crippen LogP contribution < -0.4 is 9.46 Å². The Kier molecular flexibility index (Phi) is 5.42. The highest BCUT2D eigenvalue weighted by molar-refractivity contribution is 7.88. The molecule has 0 atom stereocenters. The van der Waals surface area contributed by atoms with E-state index in [9.17, 15) is 12.8 Å². The largest absolute Gasteiger partial charge is 0.431 e. The smallest absolute Gasteiger partial charge is 0.278 e. The first-order chi connectivity index (χ1) is 12.0. The van der Waals surface area contributed by atoms with Gasteiger partial charge in [0.2, 0.25) is 10.0 Å². The van der Waals surface area contributed by atoms with Gasteiger partial charge in [-0.2, -0.15) is 0 Å². The molecule has 5 nitrogen and oxygen atoms in total. The average Bonchev–Trinajstić information content (AvgIpc) is 3.07. The van der Waals surface area contributed by atoms with Crippen LogP contribution >= 0.6 is 11.3 Å². The van der Waals surface area contributed by atoms with Gasteiger partial charge in [0.1, 0.15) is 11.6 Å². The van der Waals surface area contributed by atoms with Crippen LogP contribution in [0.4, 0.5) is 4.39 Å². The molecule has 0 saturated carbocycles. The molecule has 0 amide bonds. The maximum absolute atomic E-state index is 13.1. The van der Waals surface area contributed by atoms with Crippen molar-refractivity contribution in [2.45, 2.75) is 12.3 Å². The number of sulfonamides is 1. The Labute approximate surface area is 149 Å². The first kappa shape index (κ1) is 17.5. The Morgan fingerprint density at radius 1 is 1.12 bits per heavy atom. The fourth-order valence-corrected chi connectivity index (χ4v) is 3.74. The zero-order chi connectivity index (χ0) is 17.7. The summed E-state index contributed by atoms with van der Waals surface area (Å²) in [4.78, 5) is 4.03. The molecule has 0 fully saturated rings. The monoisotopic (exact) mass is 378 g/mol. The summed E-state index contributed by atoms with van der Waals surface area (Å²) in [5.41, 5.74) is 1.19. The minimum atomic E-state index is -3.56. The van der Waals surface area contributed by atoms with Crippen LogP contribution in [0.15, 0.2) is 60.1 Å². The van der Waals surface area contributed by atoms with Gasteiger partial charge in [0.15, 0.2) is 0 Å². The van der Waals surface area contributed by atoms with Crippen molar-refractivity contribution in [3.05, 3.63) is 77.1 Å². The maximum atomic E-state index is 13.1. The van der Waals surface area contributed by atoms with Crippen LogP contribution in [-0.4, -0.2) is 13.4 Å². The van der Waals surface area contributed by atoms with Crippen molar-refractivity contribution < 1.29 is 17.5 Å². The summed E-state index contributed by atoms with van der Waals surface area (Å²) in [6.07, 6.45) is 1.65. The van der Waals surface area contributed by atoms with E-state index in [4.69, 9.17) is 4.74 Å². The molecule has 0 bridgehead atoms. The fraction of sp³-hybridized carbons (Fsp3) is 0.118. The van der Waals surface area contributed by atoms with Gasteiger partial charge in [-0.15, -0.1) is 0 Å². The van der Waals surface area contributed by atoms with Gasteiger partial charge in [-0.1, -0.05) is 35.6 Å². The number of benzene rings is 2. The van der Waals surface area contributed by atoms with E-state index in [0.29, 0.717) is 16.5 Å². The number of hydrogen-bond acceptors (Lipinski definition) is 5. The summed E-state index contributed by atoms with van der Waals surface area (Å²) in [5, 5.41) is 2.36. The first-order valence-electron chi connectivity index (χ1n) is 7.38. The van der Waals surface area contributed by atoms with Gasteiger partial charge >= 0.3 is 0 Å². The highest BCUT2D eigenvalue weighted by Gasteiger charge is 2.12. The highest BCUT2D eigenvalue weighted by atomic mass is 32.2. The molecule has 130 valence electrons. The van der Waals surface area contributed by atoms with Crippen LogP contribution in [0.3, 0.4) is 0 Å². The minimum absolute atomic E-state index is 0.148. The zero-order valence-corrected chi connectivity index (χ0v) is 14.7. The predicted octanol–water partition coefficient (Wildman–Crippen LogP) is 3.69. The molecule has 3 aromatic rings. The van der Waals surface area contributed by atoms with E-state index in [1.165, 1.54) is 29.5 Å². The van der Waals surface area contributed by atoms with E-state index in [1.807, 2.05) is 5.38 Å². The molecule has 0 radical (unpaired) electrons.